The van der Waals surface area contributed by atoms with E-state index in [-0.39, 0.29) is 44.2 Å². The van der Waals surface area contributed by atoms with Crippen molar-refractivity contribution in [3.63, 3.8) is 0 Å². The molecule has 63 heavy (non-hydrogen) atoms. The molecule has 0 spiro atoms. The summed E-state index contributed by atoms with van der Waals surface area (Å²) in [5.74, 6) is -11.5. The van der Waals surface area contributed by atoms with Gasteiger partial charge in [-0.2, -0.15) is 0 Å². The van der Waals surface area contributed by atoms with Crippen LogP contribution in [0.3, 0.4) is 0 Å². The summed E-state index contributed by atoms with van der Waals surface area (Å²) in [7, 11) is 0. The number of nitrogens with one attached hydrogen (secondary N) is 1. The Balaban J connectivity index is 2.03. The van der Waals surface area contributed by atoms with Gasteiger partial charge in [0.2, 0.25) is 0 Å². The molecule has 0 radical (unpaired) electrons. The topological polar surface area (TPSA) is 310 Å². The lowest BCUT2D eigenvalue weighted by molar-refractivity contribution is -0.143. The van der Waals surface area contributed by atoms with Crippen LogP contribution in [0.25, 0.3) is 0 Å². The summed E-state index contributed by atoms with van der Waals surface area (Å²) in [6, 6.07) is -1.15. The lowest BCUT2D eigenvalue weighted by atomic mass is 9.55. The predicted molar refractivity (Wildman–Crippen MR) is 227 cm³/mol. The number of aliphatic imine (C=N–C) groups is 3. The van der Waals surface area contributed by atoms with Gasteiger partial charge in [0, 0.05) is 105 Å². The van der Waals surface area contributed by atoms with Crippen molar-refractivity contribution in [2.75, 3.05) is 0 Å². The molecule has 18 nitrogen and oxygen atoms in total. The maximum Gasteiger partial charge on any atom is 0.304 e. The monoisotopic (exact) mass is 880 g/mol. The van der Waals surface area contributed by atoms with Gasteiger partial charge in [0.05, 0.1) is 30.8 Å². The number of hydrogen-bond donors (Lipinski definition) is 8. The predicted octanol–water partition coefficient (Wildman–Crippen LogP) is 5.92. The van der Waals surface area contributed by atoms with Crippen molar-refractivity contribution in [2.45, 2.75) is 138 Å². The molecule has 0 aromatic heterocycles. The summed E-state index contributed by atoms with van der Waals surface area (Å²) in [5, 5.41) is 75.1. The molecule has 1 saturated heterocycles. The zero-order valence-corrected chi connectivity index (χ0v) is 37.1. The number of nitrogens with zero attached hydrogens (tertiary/aromatic N) is 3. The Morgan fingerprint density at radius 1 is 0.635 bits per heavy atom. The van der Waals surface area contributed by atoms with E-state index in [1.165, 1.54) is 0 Å². The zero-order valence-electron chi connectivity index (χ0n) is 37.1. The van der Waals surface area contributed by atoms with Crippen LogP contribution in [0.2, 0.25) is 0 Å². The average molecular weight is 881 g/mol. The fourth-order valence-corrected chi connectivity index (χ4v) is 11.8. The average Bonchev–Trinajstić information content (AvgIpc) is 3.75. The second-order valence-electron chi connectivity index (χ2n) is 19.5. The molecule has 0 aromatic rings. The highest BCUT2D eigenvalue weighted by Crippen LogP contribution is 2.62. The first-order chi connectivity index (χ1) is 29.0. The van der Waals surface area contributed by atoms with E-state index in [1.807, 2.05) is 13.8 Å². The van der Waals surface area contributed by atoms with Crippen LogP contribution in [-0.4, -0.2) is 106 Å². The van der Waals surface area contributed by atoms with E-state index < -0.39 is 131 Å². The Labute approximate surface area is 365 Å². The van der Waals surface area contributed by atoms with Gasteiger partial charge in [0.15, 0.2) is 0 Å². The van der Waals surface area contributed by atoms with Crippen LogP contribution in [0.5, 0.6) is 0 Å². The van der Waals surface area contributed by atoms with Gasteiger partial charge in [-0.25, -0.2) is 0 Å². The molecule has 8 bridgehead atoms. The highest BCUT2D eigenvalue weighted by molar-refractivity contribution is 6.10. The first kappa shape index (κ1) is 48.4. The van der Waals surface area contributed by atoms with E-state index in [1.54, 1.807) is 47.6 Å². The molecule has 0 saturated carbocycles. The van der Waals surface area contributed by atoms with Gasteiger partial charge in [0.1, 0.15) is 0 Å². The molecule has 18 heteroatoms. The minimum atomic E-state index is -1.63. The number of carbonyl (C=O) groups is 7. The van der Waals surface area contributed by atoms with Crippen molar-refractivity contribution in [1.82, 2.24) is 5.32 Å². The van der Waals surface area contributed by atoms with Crippen LogP contribution in [-0.2, 0) is 33.6 Å². The van der Waals surface area contributed by atoms with Gasteiger partial charge in [-0.15, -0.1) is 0 Å². The number of rotatable bonds is 18. The highest BCUT2D eigenvalue weighted by atomic mass is 16.4. The van der Waals surface area contributed by atoms with E-state index >= 15 is 0 Å². The Kier molecular flexibility index (Phi) is 13.1. The maximum atomic E-state index is 13.1. The van der Waals surface area contributed by atoms with E-state index in [4.69, 9.17) is 15.0 Å². The SMILES string of the molecule is CC1=C2N/C(=C\C3=NC(=C(/C)C4=NC([C@H](CC(=O)O)[C@@]4(C)CCC(=O)O)[C@]4(C)N=C1[C@@H](CCC(=O)O)[C@]4(C)CC(=O)O)/[C@@H](CCC(=O)O)C3(C)C)[C@@H](CCC(=O)O)[C@]2(C)CC(=O)O. The van der Waals surface area contributed by atoms with Gasteiger partial charge in [0.25, 0.3) is 0 Å². The summed E-state index contributed by atoms with van der Waals surface area (Å²) < 4.78 is 0. The fourth-order valence-electron chi connectivity index (χ4n) is 11.8. The van der Waals surface area contributed by atoms with E-state index in [2.05, 4.69) is 5.32 Å². The number of aliphatic carboxylic acids is 7. The number of carboxylic acid groups (broad SMARTS) is 7. The maximum absolute atomic E-state index is 13.1. The van der Waals surface area contributed by atoms with Gasteiger partial charge < -0.3 is 41.1 Å². The van der Waals surface area contributed by atoms with Gasteiger partial charge in [-0.1, -0.05) is 34.6 Å². The lowest BCUT2D eigenvalue weighted by Gasteiger charge is -2.48. The van der Waals surface area contributed by atoms with E-state index in [9.17, 15) is 69.3 Å². The number of allylic oxidation sites excluding steroid dienone is 6. The van der Waals surface area contributed by atoms with Crippen LogP contribution in [0.4, 0.5) is 0 Å². The van der Waals surface area contributed by atoms with Gasteiger partial charge in [-0.05, 0) is 63.7 Å². The molecule has 8 N–H and O–H groups in total. The quantitative estimate of drug-likeness (QED) is 0.0792. The van der Waals surface area contributed by atoms with Gasteiger partial charge >= 0.3 is 41.8 Å². The molecular formula is C45H60N4O14. The molecule has 5 aliphatic heterocycles. The molecule has 1 unspecified atom stereocenters. The Bertz CT molecular complexity index is 2220. The molecule has 0 amide bonds. The lowest BCUT2D eigenvalue weighted by Crippen LogP contribution is -2.55. The van der Waals surface area contributed by atoms with Crippen molar-refractivity contribution < 1.29 is 69.3 Å². The Morgan fingerprint density at radius 3 is 1.67 bits per heavy atom. The van der Waals surface area contributed by atoms with Crippen molar-refractivity contribution in [3.05, 3.63) is 34.3 Å². The van der Waals surface area contributed by atoms with E-state index in [0.29, 0.717) is 39.7 Å². The summed E-state index contributed by atoms with van der Waals surface area (Å²) in [5.41, 5.74) is -3.60. The molecule has 5 heterocycles. The molecule has 344 valence electrons. The molecule has 5 aliphatic rings. The number of fused-ring (bicyclic) bond motifs is 6. The minimum Gasteiger partial charge on any atom is -0.481 e. The smallest absolute Gasteiger partial charge is 0.304 e. The van der Waals surface area contributed by atoms with Crippen LogP contribution in [0.1, 0.15) is 126 Å². The number of hydrogen-bond acceptors (Lipinski definition) is 11. The third-order valence-corrected chi connectivity index (χ3v) is 15.3. The van der Waals surface area contributed by atoms with Crippen LogP contribution < -0.4 is 5.32 Å². The first-order valence-corrected chi connectivity index (χ1v) is 21.3. The molecule has 1 fully saturated rings. The van der Waals surface area contributed by atoms with E-state index in [0.717, 1.165) is 0 Å². The van der Waals surface area contributed by atoms with Crippen molar-refractivity contribution in [2.24, 2.45) is 60.3 Å². The molecular weight excluding hydrogens is 821 g/mol. The van der Waals surface area contributed by atoms with Crippen LogP contribution >= 0.6 is 0 Å². The summed E-state index contributed by atoms with van der Waals surface area (Å²) in [4.78, 5) is 104. The molecule has 0 aliphatic carbocycles. The highest BCUT2D eigenvalue weighted by Gasteiger charge is 2.66. The third-order valence-electron chi connectivity index (χ3n) is 15.3. The molecule has 0 aromatic carbocycles. The Morgan fingerprint density at radius 2 is 1.16 bits per heavy atom. The summed E-state index contributed by atoms with van der Waals surface area (Å²) >= 11 is 0. The fraction of sp³-hybridized carbons (Fsp3) is 0.644. The zero-order chi connectivity index (χ0) is 47.4. The van der Waals surface area contributed by atoms with Crippen LogP contribution in [0.15, 0.2) is 49.3 Å². The standard InChI is InChI=1S/C45H60N4O14/c1-21-36-24(10-13-30(52)53)41(3,4)28(47-36)18-27-23(9-12-29(50)51)43(6,19-34(60)61)39(46-27)22(2)37-25(11-14-31(54)55)44(7,20-35(62)63)45(8,49-37)40-26(17-33(58)59)42(5,38(21)48-40)16-15-32(56)57/h18,23-26,40,46H,9-17,19-20H2,1-8H3,(H,50,51)(H,52,53)(H,54,55)(H,56,57)(H,58,59)(H,60,61)(H,62,63)/b27-18-,36-21-,39-22?/t23-,24-,25-,26+,40?,42-,43+,44+,45+/m1/s1. The van der Waals surface area contributed by atoms with Crippen LogP contribution in [0, 0.1) is 45.3 Å². The first-order valence-electron chi connectivity index (χ1n) is 21.3. The summed E-state index contributed by atoms with van der Waals surface area (Å²) in [6.07, 6.45) is -1.45. The Hall–Kier alpha value is -5.68. The molecule has 9 atom stereocenters. The van der Waals surface area contributed by atoms with Crippen molar-refractivity contribution in [1.29, 1.82) is 0 Å². The second-order valence-corrected chi connectivity index (χ2v) is 19.5. The van der Waals surface area contributed by atoms with Gasteiger partial charge in [-0.3, -0.25) is 48.5 Å². The normalized spacial score (nSPS) is 35.0. The number of carboxylic acids is 7. The largest absolute Gasteiger partial charge is 0.481 e. The second kappa shape index (κ2) is 17.1. The van der Waals surface area contributed by atoms with Crippen molar-refractivity contribution in [3.8, 4) is 0 Å². The summed E-state index contributed by atoms with van der Waals surface area (Å²) in [6.45, 7) is 13.9. The molecule has 5 rings (SSSR count). The third kappa shape index (κ3) is 8.56. The minimum absolute atomic E-state index is 0.0202. The van der Waals surface area contributed by atoms with Crippen molar-refractivity contribution >= 4 is 58.9 Å².